The van der Waals surface area contributed by atoms with Crippen LogP contribution in [-0.4, -0.2) is 15.3 Å². The average molecular weight is 454 g/mol. The second-order valence-electron chi connectivity index (χ2n) is 7.35. The maximum Gasteiger partial charge on any atom is 0.271 e. The predicted molar refractivity (Wildman–Crippen MR) is 129 cm³/mol. The molecule has 3 aromatic carbocycles. The van der Waals surface area contributed by atoms with Crippen molar-refractivity contribution in [3.8, 4) is 11.5 Å². The van der Waals surface area contributed by atoms with Gasteiger partial charge in [-0.05, 0) is 29.8 Å². The molecule has 0 spiro atoms. The first-order chi connectivity index (χ1) is 16.2. The Labute approximate surface area is 193 Å². The van der Waals surface area contributed by atoms with E-state index >= 15 is 0 Å². The highest BCUT2D eigenvalue weighted by Gasteiger charge is 2.17. The fraction of sp³-hybridized carbons (Fsp3) is 0.0385. The third-order valence-corrected chi connectivity index (χ3v) is 6.02. The molecule has 0 saturated carbocycles. The number of hydrogen-bond donors (Lipinski definition) is 1. The Kier molecular flexibility index (Phi) is 5.70. The third-order valence-electron chi connectivity index (χ3n) is 5.03. The fourth-order valence-corrected chi connectivity index (χ4v) is 4.40. The van der Waals surface area contributed by atoms with Crippen LogP contribution in [0.1, 0.15) is 20.8 Å². The second-order valence-corrected chi connectivity index (χ2v) is 8.45. The van der Waals surface area contributed by atoms with E-state index in [1.165, 1.54) is 21.9 Å². The Balaban J connectivity index is 1.40. The van der Waals surface area contributed by atoms with E-state index in [1.54, 1.807) is 24.4 Å². The number of hydrogen-bond acceptors (Lipinski definition) is 5. The highest BCUT2D eigenvalue weighted by Crippen LogP contribution is 2.29. The topological polar surface area (TPSA) is 72.7 Å². The maximum absolute atomic E-state index is 13.0. The summed E-state index contributed by atoms with van der Waals surface area (Å²) in [4.78, 5) is 31.9. The zero-order valence-electron chi connectivity index (χ0n) is 17.5. The summed E-state index contributed by atoms with van der Waals surface area (Å²) in [6.07, 6.45) is 3.78. The molecule has 0 bridgehead atoms. The monoisotopic (exact) mass is 453 g/mol. The van der Waals surface area contributed by atoms with Crippen LogP contribution >= 0.6 is 11.3 Å². The first-order valence-corrected chi connectivity index (χ1v) is 11.2. The summed E-state index contributed by atoms with van der Waals surface area (Å²) < 4.78 is 7.33. The van der Waals surface area contributed by atoms with Gasteiger partial charge in [-0.25, -0.2) is 4.98 Å². The van der Waals surface area contributed by atoms with E-state index in [1.807, 2.05) is 66.7 Å². The number of nitrogens with zero attached hydrogens (tertiary/aromatic N) is 2. The molecule has 0 saturated heterocycles. The van der Waals surface area contributed by atoms with Crippen LogP contribution in [0.25, 0.3) is 4.96 Å². The number of carbonyl (C=O) groups is 1. The minimum Gasteiger partial charge on any atom is -0.455 e. The third kappa shape index (κ3) is 4.53. The van der Waals surface area contributed by atoms with Crippen LogP contribution in [0.3, 0.4) is 0 Å². The van der Waals surface area contributed by atoms with Crippen molar-refractivity contribution in [1.82, 2.24) is 9.38 Å². The lowest BCUT2D eigenvalue weighted by atomic mass is 10.1. The van der Waals surface area contributed by atoms with Gasteiger partial charge in [-0.1, -0.05) is 60.7 Å². The highest BCUT2D eigenvalue weighted by atomic mass is 32.1. The van der Waals surface area contributed by atoms with Crippen molar-refractivity contribution in [3.63, 3.8) is 0 Å². The van der Waals surface area contributed by atoms with Crippen LogP contribution in [0.4, 0.5) is 5.69 Å². The quantitative estimate of drug-likeness (QED) is 0.374. The van der Waals surface area contributed by atoms with Crippen molar-refractivity contribution in [3.05, 3.63) is 124 Å². The Bertz CT molecular complexity index is 1480. The summed E-state index contributed by atoms with van der Waals surface area (Å²) >= 11 is 1.43. The summed E-state index contributed by atoms with van der Waals surface area (Å²) in [6, 6.07) is 26.4. The van der Waals surface area contributed by atoms with E-state index in [-0.39, 0.29) is 5.56 Å². The van der Waals surface area contributed by atoms with Gasteiger partial charge in [-0.15, -0.1) is 11.3 Å². The highest BCUT2D eigenvalue weighted by molar-refractivity contribution is 7.17. The molecule has 5 aromatic rings. The molecule has 0 aliphatic rings. The van der Waals surface area contributed by atoms with Crippen LogP contribution in [0.15, 0.2) is 102 Å². The summed E-state index contributed by atoms with van der Waals surface area (Å²) in [5.74, 6) is 0.584. The molecule has 2 heterocycles. The lowest BCUT2D eigenvalue weighted by Gasteiger charge is -2.12. The normalized spacial score (nSPS) is 10.8. The van der Waals surface area contributed by atoms with Crippen LogP contribution in [0, 0.1) is 0 Å². The number of amides is 1. The minimum absolute atomic E-state index is 0.0360. The van der Waals surface area contributed by atoms with Gasteiger partial charge in [0.2, 0.25) is 0 Å². The molecule has 0 atom stereocenters. The fourth-order valence-electron chi connectivity index (χ4n) is 3.43. The summed E-state index contributed by atoms with van der Waals surface area (Å²) in [5, 5.41) is 2.79. The molecule has 7 heteroatoms. The van der Waals surface area contributed by atoms with Gasteiger partial charge >= 0.3 is 0 Å². The molecule has 33 heavy (non-hydrogen) atoms. The van der Waals surface area contributed by atoms with Crippen molar-refractivity contribution in [2.24, 2.45) is 0 Å². The Morgan fingerprint density at radius 1 is 0.939 bits per heavy atom. The summed E-state index contributed by atoms with van der Waals surface area (Å²) in [6.45, 7) is 0. The van der Waals surface area contributed by atoms with Gasteiger partial charge in [0.05, 0.1) is 5.69 Å². The van der Waals surface area contributed by atoms with Gasteiger partial charge in [0.15, 0.2) is 10.7 Å². The van der Waals surface area contributed by atoms with Crippen LogP contribution in [-0.2, 0) is 6.42 Å². The van der Waals surface area contributed by atoms with Crippen LogP contribution < -0.4 is 15.6 Å². The molecule has 2 aromatic heterocycles. The largest absolute Gasteiger partial charge is 0.455 e. The zero-order chi connectivity index (χ0) is 22.6. The van der Waals surface area contributed by atoms with E-state index in [0.29, 0.717) is 28.6 Å². The van der Waals surface area contributed by atoms with Gasteiger partial charge in [0.1, 0.15) is 11.3 Å². The molecule has 6 nitrogen and oxygen atoms in total. The van der Waals surface area contributed by atoms with Gasteiger partial charge in [-0.3, -0.25) is 14.0 Å². The summed E-state index contributed by atoms with van der Waals surface area (Å²) in [5.41, 5.74) is 1.16. The molecule has 1 amide bonds. The van der Waals surface area contributed by atoms with Crippen molar-refractivity contribution in [1.29, 1.82) is 0 Å². The molecule has 0 unspecified atom stereocenters. The number of para-hydroxylation sites is 3. The molecule has 0 radical (unpaired) electrons. The molecular formula is C26H19N3O3S. The number of ether oxygens (including phenoxy) is 1. The molecule has 162 valence electrons. The number of carbonyl (C=O) groups excluding carboxylic acids is 1. The summed E-state index contributed by atoms with van der Waals surface area (Å²) in [7, 11) is 0. The van der Waals surface area contributed by atoms with Crippen molar-refractivity contribution in [2.45, 2.75) is 6.42 Å². The van der Waals surface area contributed by atoms with Gasteiger partial charge in [0.25, 0.3) is 11.5 Å². The van der Waals surface area contributed by atoms with E-state index < -0.39 is 11.5 Å². The number of fused-ring (bicyclic) bond motifs is 1. The predicted octanol–water partition coefficient (Wildman–Crippen LogP) is 5.39. The number of anilines is 1. The number of thiazole rings is 1. The Morgan fingerprint density at radius 2 is 1.64 bits per heavy atom. The number of benzene rings is 3. The molecular weight excluding hydrogens is 434 g/mol. The van der Waals surface area contributed by atoms with Crippen LogP contribution in [0.5, 0.6) is 11.5 Å². The van der Waals surface area contributed by atoms with Gasteiger partial charge in [0, 0.05) is 23.7 Å². The second kappa shape index (κ2) is 9.10. The van der Waals surface area contributed by atoms with Gasteiger partial charge in [-0.2, -0.15) is 0 Å². The van der Waals surface area contributed by atoms with E-state index in [4.69, 9.17) is 4.74 Å². The Hall–Kier alpha value is -4.23. The first kappa shape index (κ1) is 20.7. The van der Waals surface area contributed by atoms with E-state index in [9.17, 15) is 9.59 Å². The lowest BCUT2D eigenvalue weighted by molar-refractivity contribution is 0.102. The molecule has 0 aliphatic heterocycles. The molecule has 0 fully saturated rings. The number of aromatic nitrogens is 2. The van der Waals surface area contributed by atoms with Crippen molar-refractivity contribution >= 4 is 27.9 Å². The standard InChI is InChI=1S/C26H19N3O3S/c30-24(28-22-13-7-8-14-23(22)32-19-11-5-2-6-12-19)21-16-27-26-29(25(21)31)17-20(33-26)15-18-9-3-1-4-10-18/h1-14,16-17H,15H2,(H,28,30). The van der Waals surface area contributed by atoms with E-state index in [2.05, 4.69) is 10.3 Å². The van der Waals surface area contributed by atoms with Crippen molar-refractivity contribution < 1.29 is 9.53 Å². The maximum atomic E-state index is 13.0. The van der Waals surface area contributed by atoms with Crippen LogP contribution in [0.2, 0.25) is 0 Å². The zero-order valence-corrected chi connectivity index (χ0v) is 18.3. The molecule has 0 aliphatic carbocycles. The molecule has 5 rings (SSSR count). The Morgan fingerprint density at radius 3 is 2.42 bits per heavy atom. The minimum atomic E-state index is -0.540. The molecule has 1 N–H and O–H groups in total. The average Bonchev–Trinajstić information content (AvgIpc) is 3.25. The van der Waals surface area contributed by atoms with Crippen molar-refractivity contribution in [2.75, 3.05) is 5.32 Å². The smallest absolute Gasteiger partial charge is 0.271 e. The first-order valence-electron chi connectivity index (χ1n) is 10.3. The SMILES string of the molecule is O=C(Nc1ccccc1Oc1ccccc1)c1cnc2sc(Cc3ccccc3)cn2c1=O. The number of nitrogens with one attached hydrogen (secondary N) is 1. The van der Waals surface area contributed by atoms with Gasteiger partial charge < -0.3 is 10.1 Å². The number of rotatable bonds is 6. The lowest BCUT2D eigenvalue weighted by Crippen LogP contribution is -2.26. The van der Waals surface area contributed by atoms with E-state index in [0.717, 1.165) is 10.4 Å².